The Morgan fingerprint density at radius 3 is 1.38 bits per heavy atom. The maximum atomic E-state index is 14.0. The van der Waals surface area contributed by atoms with E-state index >= 15 is 0 Å². The molecule has 2 fully saturated rings. The molecule has 2 saturated heterocycles. The third kappa shape index (κ3) is 8.35. The molecule has 2 aromatic heterocycles. The van der Waals surface area contributed by atoms with Gasteiger partial charge in [0.25, 0.3) is 11.8 Å². The number of nitrogens with zero attached hydrogens (tertiary/aromatic N) is 4. The van der Waals surface area contributed by atoms with E-state index in [1.807, 2.05) is 84.9 Å². The first-order chi connectivity index (χ1) is 29.3. The molecule has 4 amide bonds. The number of H-pyrrole nitrogens is 2. The van der Waals surface area contributed by atoms with Crippen molar-refractivity contribution in [3.63, 3.8) is 0 Å². The number of aromatic nitrogens is 4. The van der Waals surface area contributed by atoms with Gasteiger partial charge in [0.2, 0.25) is 0 Å². The van der Waals surface area contributed by atoms with Crippen molar-refractivity contribution < 1.29 is 28.7 Å². The number of aromatic amines is 2. The summed E-state index contributed by atoms with van der Waals surface area (Å²) in [4.78, 5) is 72.5. The number of ether oxygens (including phenoxy) is 2. The van der Waals surface area contributed by atoms with Crippen molar-refractivity contribution in [3.8, 4) is 33.6 Å². The summed E-state index contributed by atoms with van der Waals surface area (Å²) in [5.41, 5.74) is 6.85. The average Bonchev–Trinajstić information content (AvgIpc) is 4.15. The van der Waals surface area contributed by atoms with Crippen molar-refractivity contribution in [3.05, 3.63) is 144 Å². The highest BCUT2D eigenvalue weighted by Crippen LogP contribution is 2.37. The van der Waals surface area contributed by atoms with Crippen molar-refractivity contribution in [2.75, 3.05) is 27.3 Å². The number of alkyl carbamates (subject to hydrolysis) is 2. The number of likely N-dealkylation sites (tertiary alicyclic amines) is 2. The predicted octanol–water partition coefficient (Wildman–Crippen LogP) is 7.66. The van der Waals surface area contributed by atoms with Gasteiger partial charge < -0.3 is 39.9 Å². The molecular weight excluding hydrogens is 761 g/mol. The number of nitrogens with one attached hydrogen (secondary N) is 4. The maximum Gasteiger partial charge on any atom is 0.407 e. The van der Waals surface area contributed by atoms with Crippen molar-refractivity contribution in [1.82, 2.24) is 40.4 Å². The molecule has 2 aliphatic heterocycles. The van der Waals surface area contributed by atoms with Crippen LogP contribution in [0.5, 0.6) is 0 Å². The molecule has 14 nitrogen and oxygen atoms in total. The Kier molecular flexibility index (Phi) is 11.7. The van der Waals surface area contributed by atoms with Gasteiger partial charge in [-0.15, -0.1) is 0 Å². The molecule has 2 aliphatic rings. The topological polar surface area (TPSA) is 175 Å². The van der Waals surface area contributed by atoms with Crippen LogP contribution in [-0.4, -0.2) is 81.0 Å². The fraction of sp³-hybridized carbons (Fsp3) is 0.261. The lowest BCUT2D eigenvalue weighted by atomic mass is 9.99. The Labute approximate surface area is 347 Å². The van der Waals surface area contributed by atoms with Gasteiger partial charge in [-0.1, -0.05) is 97.1 Å². The molecule has 0 radical (unpaired) electrons. The minimum absolute atomic E-state index is 0.225. The van der Waals surface area contributed by atoms with E-state index in [2.05, 4.69) is 44.9 Å². The molecule has 14 heteroatoms. The summed E-state index contributed by atoms with van der Waals surface area (Å²) in [5.74, 6) is 0.913. The normalized spacial score (nSPS) is 17.2. The molecule has 4 N–H and O–H groups in total. The van der Waals surface area contributed by atoms with Gasteiger partial charge in [-0.05, 0) is 60.1 Å². The molecular formula is C46H46N8O6. The monoisotopic (exact) mass is 806 g/mol. The zero-order valence-electron chi connectivity index (χ0n) is 33.3. The molecule has 0 unspecified atom stereocenters. The highest BCUT2D eigenvalue weighted by Gasteiger charge is 2.38. The highest BCUT2D eigenvalue weighted by atomic mass is 16.5. The second-order valence-electron chi connectivity index (χ2n) is 14.9. The molecule has 4 atom stereocenters. The van der Waals surface area contributed by atoms with E-state index < -0.39 is 24.3 Å². The van der Waals surface area contributed by atoms with Crippen molar-refractivity contribution in [2.45, 2.75) is 49.9 Å². The third-order valence-electron chi connectivity index (χ3n) is 11.2. The number of benzene rings is 4. The van der Waals surface area contributed by atoms with Crippen LogP contribution < -0.4 is 10.6 Å². The van der Waals surface area contributed by atoms with E-state index in [1.165, 1.54) is 14.2 Å². The molecule has 60 heavy (non-hydrogen) atoms. The van der Waals surface area contributed by atoms with Gasteiger partial charge in [0, 0.05) is 24.2 Å². The van der Waals surface area contributed by atoms with Crippen LogP contribution in [0.1, 0.15) is 72.6 Å². The Morgan fingerprint density at radius 2 is 0.983 bits per heavy atom. The van der Waals surface area contributed by atoms with Gasteiger partial charge in [-0.3, -0.25) is 9.59 Å². The maximum absolute atomic E-state index is 14.0. The SMILES string of the molecule is COC(=O)N[C@@H](C(=O)N1CCC[C@H]1c1ncc(-c2cccc(-c3cccc(-c4cnc([C@@H]5CCCN5C(=O)[C@H](NC(=O)OC)c5ccccc5)[nH]4)c3)c2)[nH]1)c1ccccc1. The van der Waals surface area contributed by atoms with Crippen LogP contribution in [0.3, 0.4) is 0 Å². The smallest absolute Gasteiger partial charge is 0.407 e. The first-order valence-electron chi connectivity index (χ1n) is 20.0. The highest BCUT2D eigenvalue weighted by molar-refractivity contribution is 5.88. The molecule has 306 valence electrons. The lowest BCUT2D eigenvalue weighted by Crippen LogP contribution is -2.42. The molecule has 0 spiro atoms. The van der Waals surface area contributed by atoms with E-state index in [9.17, 15) is 19.2 Å². The predicted molar refractivity (Wildman–Crippen MR) is 224 cm³/mol. The standard InChI is InChI=1S/C46H46N8O6/c1-59-45(57)51-39(29-13-5-3-6-14-29)43(55)53-23-11-21-37(53)41-47-27-35(49-41)33-19-9-17-31(25-33)32-18-10-20-34(26-32)36-28-48-42(50-36)38-22-12-24-54(38)44(56)40(52-46(58)60-2)30-15-7-4-8-16-30/h3-10,13-20,25-28,37-40H,11-12,21-24H2,1-2H3,(H,47,49)(H,48,50)(H,51,57)(H,52,58)/t37-,38-,39+,40+/m0/s1. The number of hydrogen-bond acceptors (Lipinski definition) is 8. The van der Waals surface area contributed by atoms with Gasteiger partial charge in [0.1, 0.15) is 23.7 Å². The van der Waals surface area contributed by atoms with Crippen LogP contribution in [0.4, 0.5) is 9.59 Å². The molecule has 0 aliphatic carbocycles. The summed E-state index contributed by atoms with van der Waals surface area (Å²) < 4.78 is 9.68. The lowest BCUT2D eigenvalue weighted by Gasteiger charge is -2.28. The molecule has 6 aromatic rings. The summed E-state index contributed by atoms with van der Waals surface area (Å²) in [5, 5.41) is 5.43. The average molecular weight is 807 g/mol. The van der Waals surface area contributed by atoms with Crippen molar-refractivity contribution >= 4 is 24.0 Å². The molecule has 8 rings (SSSR count). The van der Waals surface area contributed by atoms with Crippen LogP contribution in [0.2, 0.25) is 0 Å². The van der Waals surface area contributed by atoms with E-state index in [0.717, 1.165) is 59.3 Å². The zero-order valence-corrected chi connectivity index (χ0v) is 33.3. The van der Waals surface area contributed by atoms with Crippen LogP contribution >= 0.6 is 0 Å². The van der Waals surface area contributed by atoms with Crippen molar-refractivity contribution in [2.24, 2.45) is 0 Å². The van der Waals surface area contributed by atoms with Gasteiger partial charge in [0.05, 0.1) is 50.1 Å². The molecule has 4 heterocycles. The van der Waals surface area contributed by atoms with E-state index in [-0.39, 0.29) is 23.9 Å². The summed E-state index contributed by atoms with van der Waals surface area (Å²) in [6, 6.07) is 32.3. The molecule has 0 bridgehead atoms. The lowest BCUT2D eigenvalue weighted by molar-refractivity contribution is -0.135. The Balaban J connectivity index is 0.986. The second kappa shape index (κ2) is 17.7. The Morgan fingerprint density at radius 1 is 0.583 bits per heavy atom. The first-order valence-corrected chi connectivity index (χ1v) is 20.0. The summed E-state index contributed by atoms with van der Waals surface area (Å²) >= 11 is 0. The number of carbonyl (C=O) groups is 4. The van der Waals surface area contributed by atoms with Gasteiger partial charge >= 0.3 is 12.2 Å². The number of hydrogen-bond donors (Lipinski definition) is 4. The number of methoxy groups -OCH3 is 2. The van der Waals surface area contributed by atoms with E-state index in [0.29, 0.717) is 35.9 Å². The summed E-state index contributed by atoms with van der Waals surface area (Å²) in [7, 11) is 2.55. The third-order valence-corrected chi connectivity index (χ3v) is 11.2. The zero-order chi connectivity index (χ0) is 41.6. The van der Waals surface area contributed by atoms with Gasteiger partial charge in [-0.25, -0.2) is 19.6 Å². The number of carbonyl (C=O) groups excluding carboxylic acids is 4. The minimum Gasteiger partial charge on any atom is -0.453 e. The number of imidazole rings is 2. The van der Waals surface area contributed by atoms with Crippen molar-refractivity contribution in [1.29, 1.82) is 0 Å². The van der Waals surface area contributed by atoms with E-state index in [4.69, 9.17) is 19.4 Å². The Bertz CT molecular complexity index is 2300. The van der Waals surface area contributed by atoms with Crippen LogP contribution in [0, 0.1) is 0 Å². The van der Waals surface area contributed by atoms with E-state index in [1.54, 1.807) is 22.2 Å². The van der Waals surface area contributed by atoms with Crippen LogP contribution in [0.25, 0.3) is 33.6 Å². The quantitative estimate of drug-likeness (QED) is 0.103. The largest absolute Gasteiger partial charge is 0.453 e. The minimum atomic E-state index is -0.898. The van der Waals surface area contributed by atoms with Gasteiger partial charge in [-0.2, -0.15) is 0 Å². The molecule has 0 saturated carbocycles. The van der Waals surface area contributed by atoms with Crippen LogP contribution in [-0.2, 0) is 19.1 Å². The summed E-state index contributed by atoms with van der Waals surface area (Å²) in [6.07, 6.45) is 5.30. The fourth-order valence-electron chi connectivity index (χ4n) is 8.22. The molecule has 4 aromatic carbocycles. The Hall–Kier alpha value is -7.22. The number of amides is 4. The first kappa shape index (κ1) is 39.6. The fourth-order valence-corrected chi connectivity index (χ4v) is 8.22. The number of rotatable bonds is 11. The summed E-state index contributed by atoms with van der Waals surface area (Å²) in [6.45, 7) is 1.07. The second-order valence-corrected chi connectivity index (χ2v) is 14.9. The van der Waals surface area contributed by atoms with Gasteiger partial charge in [0.15, 0.2) is 0 Å². The van der Waals surface area contributed by atoms with Crippen LogP contribution in [0.15, 0.2) is 122 Å².